The topological polar surface area (TPSA) is 96.5 Å². The van der Waals surface area contributed by atoms with Crippen molar-refractivity contribution in [2.45, 2.75) is 12.8 Å². The molecule has 23 heavy (non-hydrogen) atoms. The van der Waals surface area contributed by atoms with E-state index in [0.717, 1.165) is 5.56 Å². The SMILES string of the molecule is O=C(CCc1ccc(Cl)cc1)Nc1n[nH]c(-c2ccncn2)n1. The largest absolute Gasteiger partial charge is 0.293 e. The Morgan fingerprint density at radius 3 is 2.78 bits per heavy atom. The van der Waals surface area contributed by atoms with Gasteiger partial charge >= 0.3 is 0 Å². The van der Waals surface area contributed by atoms with E-state index in [4.69, 9.17) is 11.6 Å². The molecule has 1 amide bonds. The summed E-state index contributed by atoms with van der Waals surface area (Å²) in [6.07, 6.45) is 3.97. The number of halogens is 1. The average molecular weight is 329 g/mol. The number of carbonyl (C=O) groups excluding carboxylic acids is 1. The number of anilines is 1. The zero-order chi connectivity index (χ0) is 16.1. The number of aromatic nitrogens is 5. The minimum absolute atomic E-state index is 0.159. The highest BCUT2D eigenvalue weighted by atomic mass is 35.5. The molecule has 2 N–H and O–H groups in total. The summed E-state index contributed by atoms with van der Waals surface area (Å²) < 4.78 is 0. The lowest BCUT2D eigenvalue weighted by atomic mass is 10.1. The minimum atomic E-state index is -0.159. The number of aromatic amines is 1. The van der Waals surface area contributed by atoms with Gasteiger partial charge in [-0.25, -0.2) is 9.97 Å². The average Bonchev–Trinajstić information content (AvgIpc) is 3.04. The fourth-order valence-electron chi connectivity index (χ4n) is 1.96. The van der Waals surface area contributed by atoms with E-state index < -0.39 is 0 Å². The minimum Gasteiger partial charge on any atom is -0.293 e. The first-order valence-corrected chi connectivity index (χ1v) is 7.31. The van der Waals surface area contributed by atoms with Gasteiger partial charge in [0.25, 0.3) is 0 Å². The first-order chi connectivity index (χ1) is 11.2. The molecule has 2 aromatic heterocycles. The van der Waals surface area contributed by atoms with Gasteiger partial charge in [0, 0.05) is 17.6 Å². The molecule has 8 heteroatoms. The number of benzene rings is 1. The number of aryl methyl sites for hydroxylation is 1. The summed E-state index contributed by atoms with van der Waals surface area (Å²) in [6, 6.07) is 9.11. The molecule has 0 radical (unpaired) electrons. The smallest absolute Gasteiger partial charge is 0.249 e. The van der Waals surface area contributed by atoms with Gasteiger partial charge in [-0.15, -0.1) is 5.10 Å². The van der Waals surface area contributed by atoms with Crippen LogP contribution in [0.25, 0.3) is 11.5 Å². The normalized spacial score (nSPS) is 10.5. The highest BCUT2D eigenvalue weighted by molar-refractivity contribution is 6.30. The molecule has 3 aromatic rings. The molecule has 116 valence electrons. The molecule has 3 rings (SSSR count). The van der Waals surface area contributed by atoms with Gasteiger partial charge in [0.1, 0.15) is 12.0 Å². The van der Waals surface area contributed by atoms with Crippen molar-refractivity contribution in [3.05, 3.63) is 53.4 Å². The van der Waals surface area contributed by atoms with E-state index in [1.807, 2.05) is 12.1 Å². The zero-order valence-corrected chi connectivity index (χ0v) is 12.8. The highest BCUT2D eigenvalue weighted by Crippen LogP contribution is 2.13. The van der Waals surface area contributed by atoms with Crippen LogP contribution in [0, 0.1) is 0 Å². The molecule has 0 bridgehead atoms. The molecular weight excluding hydrogens is 316 g/mol. The fourth-order valence-corrected chi connectivity index (χ4v) is 2.09. The fraction of sp³-hybridized carbons (Fsp3) is 0.133. The van der Waals surface area contributed by atoms with Gasteiger partial charge in [-0.1, -0.05) is 23.7 Å². The molecule has 0 aliphatic heterocycles. The van der Waals surface area contributed by atoms with Crippen molar-refractivity contribution in [1.29, 1.82) is 0 Å². The van der Waals surface area contributed by atoms with Gasteiger partial charge in [-0.2, -0.15) is 4.98 Å². The molecule has 1 aromatic carbocycles. The van der Waals surface area contributed by atoms with E-state index in [2.05, 4.69) is 30.5 Å². The molecule has 0 aliphatic carbocycles. The number of amides is 1. The highest BCUT2D eigenvalue weighted by Gasteiger charge is 2.09. The van der Waals surface area contributed by atoms with Crippen molar-refractivity contribution >= 4 is 23.5 Å². The summed E-state index contributed by atoms with van der Waals surface area (Å²) in [5.41, 5.74) is 1.65. The van der Waals surface area contributed by atoms with Crippen LogP contribution in [-0.2, 0) is 11.2 Å². The van der Waals surface area contributed by atoms with E-state index in [0.29, 0.717) is 29.4 Å². The lowest BCUT2D eigenvalue weighted by Crippen LogP contribution is -2.13. The van der Waals surface area contributed by atoms with E-state index >= 15 is 0 Å². The van der Waals surface area contributed by atoms with E-state index in [9.17, 15) is 4.79 Å². The third-order valence-electron chi connectivity index (χ3n) is 3.12. The number of rotatable bonds is 5. The molecule has 7 nitrogen and oxygen atoms in total. The molecule has 0 saturated carbocycles. The molecule has 0 unspecified atom stereocenters. The van der Waals surface area contributed by atoms with Crippen LogP contribution in [0.5, 0.6) is 0 Å². The third-order valence-corrected chi connectivity index (χ3v) is 3.37. The maximum absolute atomic E-state index is 11.9. The predicted octanol–water partition coefficient (Wildman–Crippen LogP) is 2.49. The predicted molar refractivity (Wildman–Crippen MR) is 85.8 cm³/mol. The molecule has 0 atom stereocenters. The van der Waals surface area contributed by atoms with Crippen molar-refractivity contribution in [1.82, 2.24) is 25.1 Å². The van der Waals surface area contributed by atoms with Gasteiger partial charge in [0.15, 0.2) is 5.82 Å². The lowest BCUT2D eigenvalue weighted by molar-refractivity contribution is -0.116. The number of hydrogen-bond acceptors (Lipinski definition) is 5. The van der Waals surface area contributed by atoms with Crippen LogP contribution in [0.2, 0.25) is 5.02 Å². The second-order valence-corrected chi connectivity index (χ2v) is 5.21. The Balaban J connectivity index is 1.56. The van der Waals surface area contributed by atoms with E-state index in [1.165, 1.54) is 6.33 Å². The molecular formula is C15H13ClN6O. The quantitative estimate of drug-likeness (QED) is 0.750. The monoisotopic (exact) mass is 328 g/mol. The number of nitrogens with one attached hydrogen (secondary N) is 2. The van der Waals surface area contributed by atoms with E-state index in [1.54, 1.807) is 24.4 Å². The van der Waals surface area contributed by atoms with Gasteiger partial charge in [0.05, 0.1) is 0 Å². The maximum Gasteiger partial charge on any atom is 0.249 e. The van der Waals surface area contributed by atoms with Crippen LogP contribution >= 0.6 is 11.6 Å². The number of H-pyrrole nitrogens is 1. The Morgan fingerprint density at radius 1 is 1.22 bits per heavy atom. The van der Waals surface area contributed by atoms with Gasteiger partial charge in [0.2, 0.25) is 11.9 Å². The van der Waals surface area contributed by atoms with Crippen molar-refractivity contribution in [3.8, 4) is 11.5 Å². The van der Waals surface area contributed by atoms with Crippen LogP contribution in [0.4, 0.5) is 5.95 Å². The summed E-state index contributed by atoms with van der Waals surface area (Å²) in [7, 11) is 0. The van der Waals surface area contributed by atoms with Crippen molar-refractivity contribution < 1.29 is 4.79 Å². The molecule has 0 fully saturated rings. The molecule has 0 spiro atoms. The third kappa shape index (κ3) is 4.10. The first kappa shape index (κ1) is 15.1. The molecule has 2 heterocycles. The number of hydrogen-bond donors (Lipinski definition) is 2. The molecule has 0 aliphatic rings. The van der Waals surface area contributed by atoms with Gasteiger partial charge in [-0.3, -0.25) is 15.2 Å². The van der Waals surface area contributed by atoms with Crippen molar-refractivity contribution in [2.24, 2.45) is 0 Å². The lowest BCUT2D eigenvalue weighted by Gasteiger charge is -2.02. The Morgan fingerprint density at radius 2 is 2.04 bits per heavy atom. The second-order valence-electron chi connectivity index (χ2n) is 4.78. The standard InChI is InChI=1S/C15H13ClN6O/c16-11-4-1-10(2-5-11)3-6-13(23)19-15-20-14(21-22-15)12-7-8-17-9-18-12/h1-2,4-5,7-9H,3,6H2,(H2,19,20,21,22,23). The Labute approximate surface area is 137 Å². The number of nitrogens with zero attached hydrogens (tertiary/aromatic N) is 4. The van der Waals surface area contributed by atoms with Gasteiger partial charge < -0.3 is 0 Å². The zero-order valence-electron chi connectivity index (χ0n) is 12.0. The summed E-state index contributed by atoms with van der Waals surface area (Å²) in [6.45, 7) is 0. The van der Waals surface area contributed by atoms with Gasteiger partial charge in [-0.05, 0) is 30.2 Å². The molecule has 0 saturated heterocycles. The number of carbonyl (C=O) groups is 1. The van der Waals surface area contributed by atoms with Crippen LogP contribution in [0.3, 0.4) is 0 Å². The Bertz CT molecular complexity index is 787. The van der Waals surface area contributed by atoms with Crippen LogP contribution in [0.1, 0.15) is 12.0 Å². The maximum atomic E-state index is 11.9. The second kappa shape index (κ2) is 6.97. The van der Waals surface area contributed by atoms with Crippen molar-refractivity contribution in [3.63, 3.8) is 0 Å². The summed E-state index contributed by atoms with van der Waals surface area (Å²) in [5, 5.41) is 10.0. The van der Waals surface area contributed by atoms with E-state index in [-0.39, 0.29) is 11.9 Å². The van der Waals surface area contributed by atoms with Crippen molar-refractivity contribution in [2.75, 3.05) is 5.32 Å². The Hall–Kier alpha value is -2.80. The summed E-state index contributed by atoms with van der Waals surface area (Å²) in [4.78, 5) is 24.0. The Kier molecular flexibility index (Phi) is 4.58. The summed E-state index contributed by atoms with van der Waals surface area (Å²) in [5.74, 6) is 0.535. The van der Waals surface area contributed by atoms with Crippen LogP contribution < -0.4 is 5.32 Å². The first-order valence-electron chi connectivity index (χ1n) is 6.94. The summed E-state index contributed by atoms with van der Waals surface area (Å²) >= 11 is 5.83. The van der Waals surface area contributed by atoms with Crippen LogP contribution in [-0.4, -0.2) is 31.1 Å². The van der Waals surface area contributed by atoms with Crippen LogP contribution in [0.15, 0.2) is 42.9 Å².